The zero-order chi connectivity index (χ0) is 11.6. The molecule has 0 bridgehead atoms. The van der Waals surface area contributed by atoms with Crippen molar-refractivity contribution >= 4 is 39.1 Å². The van der Waals surface area contributed by atoms with Gasteiger partial charge in [0.15, 0.2) is 0 Å². The van der Waals surface area contributed by atoms with Gasteiger partial charge >= 0.3 is 0 Å². The average Bonchev–Trinajstić information content (AvgIpc) is 2.11. The fraction of sp³-hybridized carbons (Fsp3) is 0.400. The Kier molecular flexibility index (Phi) is 3.73. The third-order valence-electron chi connectivity index (χ3n) is 1.78. The molecule has 0 aliphatic carbocycles. The van der Waals surface area contributed by atoms with Gasteiger partial charge in [0, 0.05) is 11.6 Å². The Morgan fingerprint density at radius 1 is 1.53 bits per heavy atom. The normalized spacial score (nSPS) is 11.3. The van der Waals surface area contributed by atoms with Crippen molar-refractivity contribution in [1.29, 1.82) is 0 Å². The van der Waals surface area contributed by atoms with Crippen LogP contribution in [0.15, 0.2) is 16.7 Å². The van der Waals surface area contributed by atoms with Gasteiger partial charge in [-0.3, -0.25) is 4.79 Å². The number of hydrogen-bond acceptors (Lipinski definition) is 2. The molecule has 0 aromatic carbocycles. The molecule has 1 N–H and O–H groups in total. The summed E-state index contributed by atoms with van der Waals surface area (Å²) in [6.07, 6.45) is 1.55. The lowest BCUT2D eigenvalue weighted by Crippen LogP contribution is -2.27. The molecule has 0 spiro atoms. The zero-order valence-electron chi connectivity index (χ0n) is 8.77. The van der Waals surface area contributed by atoms with Crippen molar-refractivity contribution in [3.05, 3.63) is 21.9 Å². The smallest absolute Gasteiger partial charge is 0.229 e. The number of carbonyl (C=O) groups is 1. The molecule has 0 aliphatic rings. The molecule has 0 atom stereocenters. The fourth-order valence-electron chi connectivity index (χ4n) is 0.825. The molecular weight excluding hydrogens is 279 g/mol. The molecule has 1 aromatic heterocycles. The summed E-state index contributed by atoms with van der Waals surface area (Å²) < 4.78 is 0.601. The maximum absolute atomic E-state index is 11.7. The minimum Gasteiger partial charge on any atom is -0.324 e. The predicted octanol–water partition coefficient (Wildman–Crippen LogP) is 3.48. The topological polar surface area (TPSA) is 42.0 Å². The van der Waals surface area contributed by atoms with Crippen molar-refractivity contribution in [3.63, 3.8) is 0 Å². The van der Waals surface area contributed by atoms with Crippen molar-refractivity contribution in [2.75, 3.05) is 5.32 Å². The summed E-state index contributed by atoms with van der Waals surface area (Å²) in [7, 11) is 0. The summed E-state index contributed by atoms with van der Waals surface area (Å²) in [5.74, 6) is -0.0644. The molecule has 5 heteroatoms. The van der Waals surface area contributed by atoms with Gasteiger partial charge < -0.3 is 5.32 Å². The number of nitrogens with zero attached hydrogens (tertiary/aromatic N) is 1. The molecule has 0 fully saturated rings. The first kappa shape index (κ1) is 12.5. The monoisotopic (exact) mass is 290 g/mol. The van der Waals surface area contributed by atoms with Gasteiger partial charge in [0.2, 0.25) is 5.91 Å². The van der Waals surface area contributed by atoms with Gasteiger partial charge in [-0.15, -0.1) is 0 Å². The molecule has 82 valence electrons. The first-order chi connectivity index (χ1) is 6.82. The first-order valence-electron chi connectivity index (χ1n) is 4.44. The molecule has 0 saturated heterocycles. The third-order valence-corrected chi connectivity index (χ3v) is 3.09. The fourth-order valence-corrected chi connectivity index (χ4v) is 1.32. The van der Waals surface area contributed by atoms with E-state index in [0.29, 0.717) is 15.3 Å². The van der Waals surface area contributed by atoms with E-state index in [2.05, 4.69) is 26.2 Å². The second-order valence-corrected chi connectivity index (χ2v) is 5.32. The molecule has 1 amide bonds. The standard InChI is InChI=1S/C10H12BrClN2O/c1-10(2,3)9(15)14-6-4-5-13-8(12)7(6)11/h4-5H,1-3H3,(H,13,14,15). The number of nitrogens with one attached hydrogen (secondary N) is 1. The number of carbonyl (C=O) groups excluding carboxylic acids is 1. The molecule has 1 heterocycles. The highest BCUT2D eigenvalue weighted by atomic mass is 79.9. The number of hydrogen-bond donors (Lipinski definition) is 1. The number of pyridine rings is 1. The zero-order valence-corrected chi connectivity index (χ0v) is 11.1. The molecule has 0 aliphatic heterocycles. The van der Waals surface area contributed by atoms with Gasteiger partial charge in [0.25, 0.3) is 0 Å². The highest BCUT2D eigenvalue weighted by Crippen LogP contribution is 2.29. The molecule has 3 nitrogen and oxygen atoms in total. The van der Waals surface area contributed by atoms with Crippen molar-refractivity contribution in [3.8, 4) is 0 Å². The van der Waals surface area contributed by atoms with Crippen LogP contribution in [-0.2, 0) is 4.79 Å². The van der Waals surface area contributed by atoms with E-state index in [0.717, 1.165) is 0 Å². The summed E-state index contributed by atoms with van der Waals surface area (Å²) in [5.41, 5.74) is 0.199. The summed E-state index contributed by atoms with van der Waals surface area (Å²) in [6.45, 7) is 5.54. The van der Waals surface area contributed by atoms with E-state index in [1.54, 1.807) is 12.3 Å². The van der Waals surface area contributed by atoms with Crippen LogP contribution in [0, 0.1) is 5.41 Å². The molecular formula is C10H12BrClN2O. The van der Waals surface area contributed by atoms with Gasteiger partial charge in [0.05, 0.1) is 10.2 Å². The van der Waals surface area contributed by atoms with Gasteiger partial charge in [-0.1, -0.05) is 32.4 Å². The highest BCUT2D eigenvalue weighted by Gasteiger charge is 2.22. The molecule has 1 rings (SSSR count). The van der Waals surface area contributed by atoms with Crippen LogP contribution in [0.25, 0.3) is 0 Å². The van der Waals surface area contributed by atoms with Gasteiger partial charge in [0.1, 0.15) is 5.15 Å². The Bertz CT molecular complexity index is 387. The van der Waals surface area contributed by atoms with Crippen LogP contribution < -0.4 is 5.32 Å². The number of anilines is 1. The van der Waals surface area contributed by atoms with Crippen molar-refractivity contribution in [2.45, 2.75) is 20.8 Å². The van der Waals surface area contributed by atoms with Gasteiger partial charge in [-0.25, -0.2) is 4.98 Å². The molecule has 1 aromatic rings. The van der Waals surface area contributed by atoms with Crippen molar-refractivity contribution < 1.29 is 4.79 Å². The summed E-state index contributed by atoms with van der Waals surface area (Å²) in [4.78, 5) is 15.6. The first-order valence-corrected chi connectivity index (χ1v) is 5.61. The van der Waals surface area contributed by atoms with E-state index in [1.807, 2.05) is 20.8 Å². The van der Waals surface area contributed by atoms with E-state index < -0.39 is 5.41 Å². The Labute approximate surface area is 102 Å². The summed E-state index contributed by atoms with van der Waals surface area (Å²) >= 11 is 9.07. The lowest BCUT2D eigenvalue weighted by molar-refractivity contribution is -0.123. The Morgan fingerprint density at radius 2 is 2.13 bits per heavy atom. The maximum atomic E-state index is 11.7. The van der Waals surface area contributed by atoms with E-state index in [4.69, 9.17) is 11.6 Å². The van der Waals surface area contributed by atoms with Gasteiger partial charge in [-0.2, -0.15) is 0 Å². The third kappa shape index (κ3) is 3.18. The minimum atomic E-state index is -0.435. The largest absolute Gasteiger partial charge is 0.324 e. The molecule has 0 radical (unpaired) electrons. The SMILES string of the molecule is CC(C)(C)C(=O)Nc1ccnc(Cl)c1Br. The van der Waals surface area contributed by atoms with Crippen LogP contribution in [0.3, 0.4) is 0 Å². The Balaban J connectivity index is 2.91. The van der Waals surface area contributed by atoms with E-state index in [-0.39, 0.29) is 5.91 Å². The van der Waals surface area contributed by atoms with Gasteiger partial charge in [-0.05, 0) is 22.0 Å². The van der Waals surface area contributed by atoms with E-state index >= 15 is 0 Å². The Hall–Kier alpha value is -0.610. The van der Waals surface area contributed by atoms with Crippen molar-refractivity contribution in [1.82, 2.24) is 4.98 Å². The minimum absolute atomic E-state index is 0.0644. The lowest BCUT2D eigenvalue weighted by atomic mass is 9.95. The van der Waals surface area contributed by atoms with E-state index in [9.17, 15) is 4.79 Å². The van der Waals surface area contributed by atoms with Crippen LogP contribution in [0.2, 0.25) is 5.15 Å². The van der Waals surface area contributed by atoms with Crippen molar-refractivity contribution in [2.24, 2.45) is 5.41 Å². The average molecular weight is 292 g/mol. The van der Waals surface area contributed by atoms with Crippen LogP contribution in [0.5, 0.6) is 0 Å². The number of rotatable bonds is 1. The summed E-state index contributed by atoms with van der Waals surface area (Å²) in [6, 6.07) is 1.69. The van der Waals surface area contributed by atoms with Crippen LogP contribution in [0.4, 0.5) is 5.69 Å². The van der Waals surface area contributed by atoms with Crippen LogP contribution in [-0.4, -0.2) is 10.9 Å². The predicted molar refractivity (Wildman–Crippen MR) is 65.0 cm³/mol. The highest BCUT2D eigenvalue weighted by molar-refractivity contribution is 9.10. The molecule has 15 heavy (non-hydrogen) atoms. The molecule has 0 unspecified atom stereocenters. The number of halogens is 2. The number of amides is 1. The maximum Gasteiger partial charge on any atom is 0.229 e. The second kappa shape index (κ2) is 4.49. The second-order valence-electron chi connectivity index (χ2n) is 4.17. The lowest BCUT2D eigenvalue weighted by Gasteiger charge is -2.18. The van der Waals surface area contributed by atoms with Crippen LogP contribution in [0.1, 0.15) is 20.8 Å². The number of aromatic nitrogens is 1. The molecule has 0 saturated carbocycles. The van der Waals surface area contributed by atoms with E-state index in [1.165, 1.54) is 0 Å². The van der Waals surface area contributed by atoms with Crippen LogP contribution >= 0.6 is 27.5 Å². The summed E-state index contributed by atoms with van der Waals surface area (Å²) in [5, 5.41) is 3.12. The Morgan fingerprint density at radius 3 is 2.67 bits per heavy atom. The quantitative estimate of drug-likeness (QED) is 0.805.